The average Bonchev–Trinajstić information content (AvgIpc) is 1.65. The van der Waals surface area contributed by atoms with Crippen molar-refractivity contribution in [3.05, 3.63) is 0 Å². The van der Waals surface area contributed by atoms with Crippen LogP contribution in [0.1, 0.15) is 6.92 Å². The molecule has 0 aliphatic rings. The number of methoxy groups -OCH3 is 1. The standard InChI is InChI=1S/C4H8O3.Zr/c1-3(7-2)4(5)6;/h3H,1-2H3,(H,5,6);. The Morgan fingerprint density at radius 1 is 1.75 bits per heavy atom. The number of aliphatic carboxylic acids is 1. The first-order valence-corrected chi connectivity index (χ1v) is 1.94. The van der Waals surface area contributed by atoms with Crippen LogP contribution in [0.15, 0.2) is 0 Å². The minimum atomic E-state index is -0.928. The van der Waals surface area contributed by atoms with E-state index in [0.717, 1.165) is 0 Å². The predicted molar refractivity (Wildman–Crippen MR) is 24.1 cm³/mol. The molecule has 3 nitrogen and oxygen atoms in total. The van der Waals surface area contributed by atoms with Crippen molar-refractivity contribution in [1.82, 2.24) is 0 Å². The fraction of sp³-hybridized carbons (Fsp3) is 0.750. The molecule has 1 N–H and O–H groups in total. The minimum absolute atomic E-state index is 0. The van der Waals surface area contributed by atoms with Crippen LogP contribution in [0.25, 0.3) is 0 Å². The van der Waals surface area contributed by atoms with Crippen molar-refractivity contribution in [3.8, 4) is 0 Å². The first-order valence-electron chi connectivity index (χ1n) is 1.94. The van der Waals surface area contributed by atoms with Crippen LogP contribution in [0.5, 0.6) is 0 Å². The largest absolute Gasteiger partial charge is 0.479 e. The van der Waals surface area contributed by atoms with Gasteiger partial charge in [0.1, 0.15) is 0 Å². The van der Waals surface area contributed by atoms with Crippen molar-refractivity contribution in [3.63, 3.8) is 0 Å². The Morgan fingerprint density at radius 3 is 2.12 bits per heavy atom. The Hall–Kier alpha value is 0.313. The summed E-state index contributed by atoms with van der Waals surface area (Å²) in [5.41, 5.74) is 0. The van der Waals surface area contributed by atoms with E-state index in [4.69, 9.17) is 5.11 Å². The third-order valence-electron chi connectivity index (χ3n) is 0.701. The quantitative estimate of drug-likeness (QED) is 0.680. The van der Waals surface area contributed by atoms with Gasteiger partial charge in [-0.1, -0.05) is 0 Å². The van der Waals surface area contributed by atoms with Crippen molar-refractivity contribution >= 4 is 5.97 Å². The third kappa shape index (κ3) is 4.47. The molecule has 0 bridgehead atoms. The van der Waals surface area contributed by atoms with E-state index in [1.54, 1.807) is 0 Å². The summed E-state index contributed by atoms with van der Waals surface area (Å²) < 4.78 is 4.41. The van der Waals surface area contributed by atoms with Gasteiger partial charge in [0.2, 0.25) is 0 Å². The molecule has 0 aromatic rings. The van der Waals surface area contributed by atoms with E-state index in [1.807, 2.05) is 0 Å². The van der Waals surface area contributed by atoms with Crippen LogP contribution in [0.3, 0.4) is 0 Å². The molecule has 0 saturated carbocycles. The smallest absolute Gasteiger partial charge is 0.332 e. The summed E-state index contributed by atoms with van der Waals surface area (Å²) in [5.74, 6) is -0.928. The summed E-state index contributed by atoms with van der Waals surface area (Å²) in [6.45, 7) is 1.47. The number of hydrogen-bond acceptors (Lipinski definition) is 2. The predicted octanol–water partition coefficient (Wildman–Crippen LogP) is 0.103. The summed E-state index contributed by atoms with van der Waals surface area (Å²) in [6, 6.07) is 0. The molecule has 0 aliphatic carbocycles. The van der Waals surface area contributed by atoms with Crippen molar-refractivity contribution in [2.24, 2.45) is 0 Å². The van der Waals surface area contributed by atoms with Gasteiger partial charge in [0.05, 0.1) is 0 Å². The Morgan fingerprint density at radius 2 is 2.12 bits per heavy atom. The van der Waals surface area contributed by atoms with Gasteiger partial charge in [-0.25, -0.2) is 4.79 Å². The van der Waals surface area contributed by atoms with Crippen LogP contribution in [0.2, 0.25) is 0 Å². The van der Waals surface area contributed by atoms with Gasteiger partial charge in [0, 0.05) is 33.3 Å². The fourth-order valence-corrected chi connectivity index (χ4v) is 0.101. The number of hydrogen-bond donors (Lipinski definition) is 1. The maximum atomic E-state index is 9.81. The number of carboxylic acids is 1. The van der Waals surface area contributed by atoms with E-state index in [-0.39, 0.29) is 26.2 Å². The molecule has 0 radical (unpaired) electrons. The molecule has 0 aromatic carbocycles. The minimum Gasteiger partial charge on any atom is -0.479 e. The Balaban J connectivity index is 0. The third-order valence-corrected chi connectivity index (χ3v) is 0.701. The molecule has 0 fully saturated rings. The molecule has 0 aliphatic heterocycles. The van der Waals surface area contributed by atoms with E-state index < -0.39 is 12.1 Å². The van der Waals surface area contributed by atoms with Crippen molar-refractivity contribution in [1.29, 1.82) is 0 Å². The van der Waals surface area contributed by atoms with Crippen LogP contribution >= 0.6 is 0 Å². The molecule has 0 aromatic heterocycles. The molecule has 0 heterocycles. The second-order valence-corrected chi connectivity index (χ2v) is 1.22. The van der Waals surface area contributed by atoms with E-state index in [0.29, 0.717) is 0 Å². The first kappa shape index (κ1) is 11.2. The monoisotopic (exact) mass is 194 g/mol. The van der Waals surface area contributed by atoms with Gasteiger partial charge < -0.3 is 9.84 Å². The summed E-state index contributed by atoms with van der Waals surface area (Å²) >= 11 is 0. The Bertz CT molecular complexity index is 73.7. The van der Waals surface area contributed by atoms with E-state index in [1.165, 1.54) is 14.0 Å². The maximum absolute atomic E-state index is 9.81. The van der Waals surface area contributed by atoms with Gasteiger partial charge in [-0.3, -0.25) is 0 Å². The summed E-state index contributed by atoms with van der Waals surface area (Å²) in [6.07, 6.45) is -0.681. The van der Waals surface area contributed by atoms with Gasteiger partial charge in [0.25, 0.3) is 0 Å². The van der Waals surface area contributed by atoms with Gasteiger partial charge in [-0.05, 0) is 6.92 Å². The molecular formula is C4H8O3Zr. The van der Waals surface area contributed by atoms with Gasteiger partial charge in [0.15, 0.2) is 6.10 Å². The Labute approximate surface area is 67.2 Å². The molecule has 4 heteroatoms. The van der Waals surface area contributed by atoms with E-state index in [9.17, 15) is 4.79 Å². The summed E-state index contributed by atoms with van der Waals surface area (Å²) in [5, 5.41) is 8.06. The SMILES string of the molecule is COC(C)C(=O)O.[Zr]. The zero-order valence-electron chi connectivity index (χ0n) is 4.84. The number of carboxylic acid groups (broad SMARTS) is 1. The fourth-order valence-electron chi connectivity index (χ4n) is 0.101. The maximum Gasteiger partial charge on any atom is 0.332 e. The number of rotatable bonds is 2. The summed E-state index contributed by atoms with van der Waals surface area (Å²) in [4.78, 5) is 9.81. The molecule has 0 spiro atoms. The van der Waals surface area contributed by atoms with Gasteiger partial charge in [-0.2, -0.15) is 0 Å². The topological polar surface area (TPSA) is 46.5 Å². The molecule has 46 valence electrons. The zero-order chi connectivity index (χ0) is 5.86. The average molecular weight is 195 g/mol. The van der Waals surface area contributed by atoms with Crippen molar-refractivity contribution < 1.29 is 40.8 Å². The Kier molecular flexibility index (Phi) is 7.60. The van der Waals surface area contributed by atoms with E-state index in [2.05, 4.69) is 4.74 Å². The zero-order valence-corrected chi connectivity index (χ0v) is 7.30. The number of carbonyl (C=O) groups is 1. The van der Waals surface area contributed by atoms with Crippen LogP contribution in [-0.2, 0) is 35.7 Å². The normalized spacial score (nSPS) is 11.8. The molecule has 1 unspecified atom stereocenters. The summed E-state index contributed by atoms with van der Waals surface area (Å²) in [7, 11) is 1.36. The molecule has 0 amide bonds. The van der Waals surface area contributed by atoms with Crippen molar-refractivity contribution in [2.45, 2.75) is 13.0 Å². The van der Waals surface area contributed by atoms with Crippen LogP contribution in [0, 0.1) is 0 Å². The molecule has 0 rings (SSSR count). The van der Waals surface area contributed by atoms with Crippen LogP contribution in [0.4, 0.5) is 0 Å². The van der Waals surface area contributed by atoms with Crippen LogP contribution in [-0.4, -0.2) is 24.3 Å². The molecule has 1 atom stereocenters. The van der Waals surface area contributed by atoms with Crippen molar-refractivity contribution in [2.75, 3.05) is 7.11 Å². The number of ether oxygens (including phenoxy) is 1. The second kappa shape index (κ2) is 5.45. The van der Waals surface area contributed by atoms with Crippen LogP contribution < -0.4 is 0 Å². The van der Waals surface area contributed by atoms with Gasteiger partial charge >= 0.3 is 5.97 Å². The van der Waals surface area contributed by atoms with Gasteiger partial charge in [-0.15, -0.1) is 0 Å². The molecule has 8 heavy (non-hydrogen) atoms. The molecular weight excluding hydrogens is 187 g/mol. The first-order chi connectivity index (χ1) is 3.18. The molecule has 0 saturated heterocycles. The second-order valence-electron chi connectivity index (χ2n) is 1.22. The van der Waals surface area contributed by atoms with E-state index >= 15 is 0 Å².